The normalized spacial score (nSPS) is 11.6. The SMILES string of the molecule is CCC(CC)c1cc2nc(C)c(CCCl)c(=O)n2[nH]1. The lowest BCUT2D eigenvalue weighted by molar-refractivity contribution is 0.614. The van der Waals surface area contributed by atoms with E-state index in [1.165, 1.54) is 0 Å². The Bertz CT molecular complexity index is 625. The van der Waals surface area contributed by atoms with E-state index < -0.39 is 0 Å². The fourth-order valence-corrected chi connectivity index (χ4v) is 2.70. The Morgan fingerprint density at radius 2 is 2.11 bits per heavy atom. The lowest BCUT2D eigenvalue weighted by Gasteiger charge is -2.08. The molecule has 0 saturated heterocycles. The van der Waals surface area contributed by atoms with Crippen LogP contribution in [0.3, 0.4) is 0 Å². The highest BCUT2D eigenvalue weighted by atomic mass is 35.5. The minimum atomic E-state index is -0.0274. The van der Waals surface area contributed by atoms with Crippen molar-refractivity contribution in [3.8, 4) is 0 Å². The molecule has 0 spiro atoms. The van der Waals surface area contributed by atoms with E-state index in [1.54, 1.807) is 4.52 Å². The van der Waals surface area contributed by atoms with Gasteiger partial charge in [0.1, 0.15) is 0 Å². The van der Waals surface area contributed by atoms with Crippen molar-refractivity contribution in [1.29, 1.82) is 0 Å². The molecule has 0 aromatic carbocycles. The van der Waals surface area contributed by atoms with Crippen LogP contribution in [0.1, 0.15) is 49.6 Å². The van der Waals surface area contributed by atoms with Crippen molar-refractivity contribution in [3.63, 3.8) is 0 Å². The first-order valence-electron chi connectivity index (χ1n) is 6.79. The monoisotopic (exact) mass is 281 g/mol. The molecule has 0 amide bonds. The van der Waals surface area contributed by atoms with Crippen LogP contribution in [0.5, 0.6) is 0 Å². The highest BCUT2D eigenvalue weighted by Crippen LogP contribution is 2.22. The molecule has 2 aromatic heterocycles. The number of rotatable bonds is 5. The van der Waals surface area contributed by atoms with E-state index in [2.05, 4.69) is 23.9 Å². The first kappa shape index (κ1) is 14.1. The third kappa shape index (κ3) is 2.54. The van der Waals surface area contributed by atoms with E-state index in [-0.39, 0.29) is 5.56 Å². The van der Waals surface area contributed by atoms with Gasteiger partial charge in [-0.1, -0.05) is 13.8 Å². The molecule has 0 bridgehead atoms. The number of nitrogens with zero attached hydrogens (tertiary/aromatic N) is 2. The largest absolute Gasteiger partial charge is 0.293 e. The van der Waals surface area contributed by atoms with Crippen molar-refractivity contribution in [3.05, 3.63) is 33.4 Å². The zero-order chi connectivity index (χ0) is 14.0. The van der Waals surface area contributed by atoms with E-state index in [4.69, 9.17) is 11.6 Å². The van der Waals surface area contributed by atoms with Crippen LogP contribution in [0.2, 0.25) is 0 Å². The first-order chi connectivity index (χ1) is 9.12. The molecule has 0 aliphatic carbocycles. The van der Waals surface area contributed by atoms with Gasteiger partial charge in [0.15, 0.2) is 5.65 Å². The number of aromatic amines is 1. The molecule has 1 N–H and O–H groups in total. The topological polar surface area (TPSA) is 50.2 Å². The number of aryl methyl sites for hydroxylation is 1. The maximum atomic E-state index is 12.4. The zero-order valence-corrected chi connectivity index (χ0v) is 12.4. The third-order valence-electron chi connectivity index (χ3n) is 3.70. The number of hydrogen-bond donors (Lipinski definition) is 1. The Hall–Kier alpha value is -1.29. The summed E-state index contributed by atoms with van der Waals surface area (Å²) in [6.07, 6.45) is 2.65. The molecule has 0 atom stereocenters. The lowest BCUT2D eigenvalue weighted by Crippen LogP contribution is -2.22. The lowest BCUT2D eigenvalue weighted by atomic mass is 10.00. The molecule has 0 fully saturated rings. The van der Waals surface area contributed by atoms with Gasteiger partial charge in [-0.3, -0.25) is 9.89 Å². The second-order valence-electron chi connectivity index (χ2n) is 4.84. The fourth-order valence-electron chi connectivity index (χ4n) is 2.51. The molecule has 2 heterocycles. The molecule has 4 nitrogen and oxygen atoms in total. The van der Waals surface area contributed by atoms with Gasteiger partial charge in [-0.05, 0) is 26.2 Å². The summed E-state index contributed by atoms with van der Waals surface area (Å²) in [5.41, 5.74) is 3.23. The van der Waals surface area contributed by atoms with Crippen LogP contribution < -0.4 is 5.56 Å². The summed E-state index contributed by atoms with van der Waals surface area (Å²) in [6, 6.07) is 1.98. The summed E-state index contributed by atoms with van der Waals surface area (Å²) in [5, 5.41) is 3.19. The maximum absolute atomic E-state index is 12.4. The van der Waals surface area contributed by atoms with Crippen molar-refractivity contribution < 1.29 is 0 Å². The number of halogens is 1. The fraction of sp³-hybridized carbons (Fsp3) is 0.571. The summed E-state index contributed by atoms with van der Waals surface area (Å²) in [7, 11) is 0. The number of hydrogen-bond acceptors (Lipinski definition) is 2. The van der Waals surface area contributed by atoms with Crippen molar-refractivity contribution in [2.75, 3.05) is 5.88 Å². The van der Waals surface area contributed by atoms with Crippen LogP contribution in [0, 0.1) is 6.92 Å². The minimum absolute atomic E-state index is 0.0274. The summed E-state index contributed by atoms with van der Waals surface area (Å²) < 4.78 is 1.54. The number of aromatic nitrogens is 3. The molecule has 5 heteroatoms. The van der Waals surface area contributed by atoms with Crippen LogP contribution in [0.25, 0.3) is 5.65 Å². The van der Waals surface area contributed by atoms with E-state index in [0.717, 1.165) is 24.2 Å². The molecule has 0 aliphatic heterocycles. The zero-order valence-electron chi connectivity index (χ0n) is 11.7. The molecule has 0 unspecified atom stereocenters. The Morgan fingerprint density at radius 3 is 2.68 bits per heavy atom. The van der Waals surface area contributed by atoms with E-state index >= 15 is 0 Å². The van der Waals surface area contributed by atoms with Crippen molar-refractivity contribution in [1.82, 2.24) is 14.6 Å². The van der Waals surface area contributed by atoms with Gasteiger partial charge in [-0.15, -0.1) is 11.6 Å². The Balaban J connectivity index is 2.60. The molecular formula is C14H20ClN3O. The molecular weight excluding hydrogens is 262 g/mol. The number of alkyl halides is 1. The average molecular weight is 282 g/mol. The molecule has 0 radical (unpaired) electrons. The van der Waals surface area contributed by atoms with Crippen LogP contribution in [0.4, 0.5) is 0 Å². The second-order valence-corrected chi connectivity index (χ2v) is 5.22. The Kier molecular flexibility index (Phi) is 4.30. The van der Waals surface area contributed by atoms with E-state index in [1.807, 2.05) is 13.0 Å². The van der Waals surface area contributed by atoms with Gasteiger partial charge in [-0.2, -0.15) is 0 Å². The second kappa shape index (κ2) is 5.78. The summed E-state index contributed by atoms with van der Waals surface area (Å²) in [6.45, 7) is 6.17. The Labute approximate surface area is 117 Å². The molecule has 2 rings (SSSR count). The van der Waals surface area contributed by atoms with E-state index in [0.29, 0.717) is 29.4 Å². The van der Waals surface area contributed by atoms with E-state index in [9.17, 15) is 4.79 Å². The molecule has 0 aliphatic rings. The summed E-state index contributed by atoms with van der Waals surface area (Å²) >= 11 is 5.75. The quantitative estimate of drug-likeness (QED) is 0.857. The van der Waals surface area contributed by atoms with Crippen molar-refractivity contribution in [2.24, 2.45) is 0 Å². The van der Waals surface area contributed by atoms with Gasteiger partial charge in [0, 0.05) is 34.8 Å². The number of H-pyrrole nitrogens is 1. The standard InChI is InChI=1S/C14H20ClN3O/c1-4-10(5-2)12-8-13-16-9(3)11(6-7-15)14(19)18(13)17-12/h8,10,17H,4-7H2,1-3H3. The molecule has 0 saturated carbocycles. The average Bonchev–Trinajstić information content (AvgIpc) is 2.80. The smallest absolute Gasteiger partial charge is 0.276 e. The first-order valence-corrected chi connectivity index (χ1v) is 7.32. The third-order valence-corrected chi connectivity index (χ3v) is 3.89. The highest BCUT2D eigenvalue weighted by molar-refractivity contribution is 6.17. The highest BCUT2D eigenvalue weighted by Gasteiger charge is 2.15. The van der Waals surface area contributed by atoms with Crippen LogP contribution in [-0.4, -0.2) is 20.5 Å². The predicted molar refractivity (Wildman–Crippen MR) is 78.3 cm³/mol. The summed E-state index contributed by atoms with van der Waals surface area (Å²) in [5.74, 6) is 0.877. The minimum Gasteiger partial charge on any atom is -0.293 e. The van der Waals surface area contributed by atoms with Gasteiger partial charge in [-0.25, -0.2) is 9.50 Å². The predicted octanol–water partition coefficient (Wildman–Crippen LogP) is 3.02. The molecule has 104 valence electrons. The van der Waals surface area contributed by atoms with Gasteiger partial charge in [0.05, 0.1) is 0 Å². The Morgan fingerprint density at radius 1 is 1.42 bits per heavy atom. The van der Waals surface area contributed by atoms with Crippen molar-refractivity contribution in [2.45, 2.75) is 46.0 Å². The van der Waals surface area contributed by atoms with Gasteiger partial charge >= 0.3 is 0 Å². The number of fused-ring (bicyclic) bond motifs is 1. The van der Waals surface area contributed by atoms with Gasteiger partial charge in [0.25, 0.3) is 5.56 Å². The van der Waals surface area contributed by atoms with Crippen molar-refractivity contribution >= 4 is 17.2 Å². The van der Waals surface area contributed by atoms with Crippen LogP contribution >= 0.6 is 11.6 Å². The summed E-state index contributed by atoms with van der Waals surface area (Å²) in [4.78, 5) is 16.9. The molecule has 19 heavy (non-hydrogen) atoms. The van der Waals surface area contributed by atoms with Gasteiger partial charge in [0.2, 0.25) is 0 Å². The van der Waals surface area contributed by atoms with Crippen LogP contribution in [0.15, 0.2) is 10.9 Å². The molecule has 2 aromatic rings. The maximum Gasteiger partial charge on any atom is 0.276 e. The van der Waals surface area contributed by atoms with Crippen LogP contribution in [-0.2, 0) is 6.42 Å². The van der Waals surface area contributed by atoms with Gasteiger partial charge < -0.3 is 0 Å². The number of nitrogens with one attached hydrogen (secondary N) is 1.